The van der Waals surface area contributed by atoms with Crippen LogP contribution in [-0.2, 0) is 19.8 Å². The number of benzene rings is 1. The fourth-order valence-corrected chi connectivity index (χ4v) is 3.15. The van der Waals surface area contributed by atoms with Crippen LogP contribution < -0.4 is 10.6 Å². The highest BCUT2D eigenvalue weighted by Gasteiger charge is 2.38. The van der Waals surface area contributed by atoms with E-state index in [9.17, 15) is 4.79 Å². The SMILES string of the molecule is O=C(NC1(c2ccc(Cl)cc2)CCOCC1)[C@@H]1CNCCO1. The molecule has 2 aliphatic heterocycles. The van der Waals surface area contributed by atoms with Gasteiger partial charge in [0.25, 0.3) is 5.91 Å². The topological polar surface area (TPSA) is 59.6 Å². The molecular formula is C16H21ClN2O3. The Kier molecular flexibility index (Phi) is 4.98. The number of amides is 1. The maximum atomic E-state index is 12.6. The number of hydrogen-bond acceptors (Lipinski definition) is 4. The second-order valence-corrected chi connectivity index (χ2v) is 6.19. The first-order valence-corrected chi connectivity index (χ1v) is 8.06. The second-order valence-electron chi connectivity index (χ2n) is 5.75. The molecule has 0 aromatic heterocycles. The largest absolute Gasteiger partial charge is 0.381 e. The van der Waals surface area contributed by atoms with Gasteiger partial charge in [-0.3, -0.25) is 4.79 Å². The molecule has 0 spiro atoms. The van der Waals surface area contributed by atoms with Crippen LogP contribution in [0.4, 0.5) is 0 Å². The summed E-state index contributed by atoms with van der Waals surface area (Å²) in [6.07, 6.45) is 1.07. The molecule has 1 aromatic carbocycles. The van der Waals surface area contributed by atoms with Crippen molar-refractivity contribution < 1.29 is 14.3 Å². The summed E-state index contributed by atoms with van der Waals surface area (Å²) in [5.41, 5.74) is 0.665. The van der Waals surface area contributed by atoms with Gasteiger partial charge in [0.1, 0.15) is 6.10 Å². The van der Waals surface area contributed by atoms with E-state index in [1.165, 1.54) is 0 Å². The number of nitrogens with one attached hydrogen (secondary N) is 2. The highest BCUT2D eigenvalue weighted by Crippen LogP contribution is 2.33. The first kappa shape index (κ1) is 15.7. The van der Waals surface area contributed by atoms with E-state index in [2.05, 4.69) is 10.6 Å². The summed E-state index contributed by atoms with van der Waals surface area (Å²) in [5, 5.41) is 7.09. The molecule has 1 atom stereocenters. The van der Waals surface area contributed by atoms with Crippen molar-refractivity contribution in [1.82, 2.24) is 10.6 Å². The van der Waals surface area contributed by atoms with Crippen LogP contribution in [0.1, 0.15) is 18.4 Å². The van der Waals surface area contributed by atoms with Gasteiger partial charge in [0.2, 0.25) is 0 Å². The number of rotatable bonds is 3. The van der Waals surface area contributed by atoms with Gasteiger partial charge >= 0.3 is 0 Å². The molecule has 2 saturated heterocycles. The Morgan fingerprint density at radius 2 is 1.95 bits per heavy atom. The molecule has 0 saturated carbocycles. The third-order valence-electron chi connectivity index (χ3n) is 4.33. The molecule has 22 heavy (non-hydrogen) atoms. The van der Waals surface area contributed by atoms with E-state index < -0.39 is 11.6 Å². The maximum absolute atomic E-state index is 12.6. The van der Waals surface area contributed by atoms with Crippen LogP contribution in [0.2, 0.25) is 5.02 Å². The van der Waals surface area contributed by atoms with Gasteiger partial charge < -0.3 is 20.1 Å². The number of morpholine rings is 1. The predicted molar refractivity (Wildman–Crippen MR) is 83.9 cm³/mol. The molecule has 2 N–H and O–H groups in total. The summed E-state index contributed by atoms with van der Waals surface area (Å²) in [6, 6.07) is 7.68. The van der Waals surface area contributed by atoms with Crippen LogP contribution in [0.5, 0.6) is 0 Å². The zero-order valence-corrected chi connectivity index (χ0v) is 13.2. The lowest BCUT2D eigenvalue weighted by Crippen LogP contribution is -2.56. The molecule has 0 radical (unpaired) electrons. The van der Waals surface area contributed by atoms with Crippen molar-refractivity contribution in [1.29, 1.82) is 0 Å². The zero-order chi connectivity index (χ0) is 15.4. The van der Waals surface area contributed by atoms with E-state index >= 15 is 0 Å². The van der Waals surface area contributed by atoms with Gasteiger partial charge in [0.15, 0.2) is 0 Å². The molecule has 2 fully saturated rings. The van der Waals surface area contributed by atoms with Crippen molar-refractivity contribution in [2.24, 2.45) is 0 Å². The van der Waals surface area contributed by atoms with Crippen LogP contribution in [0.3, 0.4) is 0 Å². The number of halogens is 1. The van der Waals surface area contributed by atoms with E-state index in [-0.39, 0.29) is 5.91 Å². The Morgan fingerprint density at radius 3 is 2.59 bits per heavy atom. The van der Waals surface area contributed by atoms with Crippen molar-refractivity contribution in [3.05, 3.63) is 34.9 Å². The van der Waals surface area contributed by atoms with Crippen molar-refractivity contribution in [3.63, 3.8) is 0 Å². The van der Waals surface area contributed by atoms with E-state index in [0.717, 1.165) is 24.9 Å². The molecule has 1 amide bonds. The predicted octanol–water partition coefficient (Wildman–Crippen LogP) is 1.45. The van der Waals surface area contributed by atoms with Crippen molar-refractivity contribution in [2.45, 2.75) is 24.5 Å². The summed E-state index contributed by atoms with van der Waals surface area (Å²) in [6.45, 7) is 3.17. The minimum atomic E-state index is -0.430. The van der Waals surface area contributed by atoms with E-state index in [1.807, 2.05) is 24.3 Å². The van der Waals surface area contributed by atoms with Gasteiger partial charge in [-0.15, -0.1) is 0 Å². The number of carbonyl (C=O) groups is 1. The number of hydrogen-bond donors (Lipinski definition) is 2. The Labute approximate surface area is 135 Å². The first-order chi connectivity index (χ1) is 10.7. The molecule has 5 nitrogen and oxygen atoms in total. The van der Waals surface area contributed by atoms with Crippen LogP contribution in [0, 0.1) is 0 Å². The molecule has 2 aliphatic rings. The third-order valence-corrected chi connectivity index (χ3v) is 4.58. The minimum absolute atomic E-state index is 0.0657. The van der Waals surface area contributed by atoms with Crippen molar-refractivity contribution in [3.8, 4) is 0 Å². The lowest BCUT2D eigenvalue weighted by atomic mass is 9.82. The highest BCUT2D eigenvalue weighted by molar-refractivity contribution is 6.30. The summed E-state index contributed by atoms with van der Waals surface area (Å²) >= 11 is 5.98. The van der Waals surface area contributed by atoms with Crippen LogP contribution in [0.15, 0.2) is 24.3 Å². The van der Waals surface area contributed by atoms with Gasteiger partial charge in [-0.2, -0.15) is 0 Å². The summed E-state index contributed by atoms with van der Waals surface area (Å²) in [5.74, 6) is -0.0657. The van der Waals surface area contributed by atoms with E-state index in [4.69, 9.17) is 21.1 Å². The Bertz CT molecular complexity index is 509. The molecular weight excluding hydrogens is 304 g/mol. The smallest absolute Gasteiger partial charge is 0.251 e. The summed E-state index contributed by atoms with van der Waals surface area (Å²) < 4.78 is 11.0. The second kappa shape index (κ2) is 6.96. The van der Waals surface area contributed by atoms with Gasteiger partial charge in [0, 0.05) is 31.3 Å². The molecule has 3 rings (SSSR count). The molecule has 0 unspecified atom stereocenters. The van der Waals surface area contributed by atoms with Crippen LogP contribution in [-0.4, -0.2) is 44.9 Å². The Hall–Kier alpha value is -1.14. The fourth-order valence-electron chi connectivity index (χ4n) is 3.02. The summed E-state index contributed by atoms with van der Waals surface area (Å²) in [4.78, 5) is 12.6. The first-order valence-electron chi connectivity index (χ1n) is 7.68. The average Bonchev–Trinajstić information content (AvgIpc) is 2.57. The molecule has 2 heterocycles. The Balaban J connectivity index is 1.79. The summed E-state index contributed by atoms with van der Waals surface area (Å²) in [7, 11) is 0. The normalized spacial score (nSPS) is 24.7. The molecule has 0 bridgehead atoms. The monoisotopic (exact) mass is 324 g/mol. The van der Waals surface area contributed by atoms with Gasteiger partial charge in [-0.1, -0.05) is 23.7 Å². The van der Waals surface area contributed by atoms with Gasteiger partial charge in [-0.25, -0.2) is 0 Å². The quantitative estimate of drug-likeness (QED) is 0.883. The van der Waals surface area contributed by atoms with Gasteiger partial charge in [0.05, 0.1) is 12.1 Å². The van der Waals surface area contributed by atoms with E-state index in [1.54, 1.807) is 0 Å². The standard InChI is InChI=1S/C16H21ClN2O3/c17-13-3-1-12(2-4-13)16(5-8-21-9-6-16)19-15(20)14-11-18-7-10-22-14/h1-4,14,18H,5-11H2,(H,19,20)/t14-/m0/s1. The zero-order valence-electron chi connectivity index (χ0n) is 12.4. The fraction of sp³-hybridized carbons (Fsp3) is 0.562. The third kappa shape index (κ3) is 3.43. The highest BCUT2D eigenvalue weighted by atomic mass is 35.5. The Morgan fingerprint density at radius 1 is 1.23 bits per heavy atom. The molecule has 0 aliphatic carbocycles. The number of carbonyl (C=O) groups excluding carboxylic acids is 1. The lowest BCUT2D eigenvalue weighted by molar-refractivity contribution is -0.137. The van der Waals surface area contributed by atoms with Gasteiger partial charge in [-0.05, 0) is 30.5 Å². The van der Waals surface area contributed by atoms with E-state index in [0.29, 0.717) is 31.4 Å². The van der Waals surface area contributed by atoms with Crippen molar-refractivity contribution in [2.75, 3.05) is 32.9 Å². The van der Waals surface area contributed by atoms with Crippen LogP contribution >= 0.6 is 11.6 Å². The van der Waals surface area contributed by atoms with Crippen LogP contribution in [0.25, 0.3) is 0 Å². The van der Waals surface area contributed by atoms with Crippen molar-refractivity contribution >= 4 is 17.5 Å². The molecule has 120 valence electrons. The molecule has 1 aromatic rings. The average molecular weight is 325 g/mol. The lowest BCUT2D eigenvalue weighted by Gasteiger charge is -2.39. The molecule has 6 heteroatoms. The maximum Gasteiger partial charge on any atom is 0.251 e. The number of ether oxygens (including phenoxy) is 2. The minimum Gasteiger partial charge on any atom is -0.381 e.